The molecule has 1 heterocycles. The van der Waals surface area contributed by atoms with Gasteiger partial charge in [0.05, 0.1) is 6.04 Å². The lowest BCUT2D eigenvalue weighted by atomic mass is 10.0. The maximum Gasteiger partial charge on any atom is 0.220 e. The second-order valence-electron chi connectivity index (χ2n) is 3.67. The molecular formula is C11H12INO. The first-order valence-corrected chi connectivity index (χ1v) is 5.80. The third kappa shape index (κ3) is 1.92. The van der Waals surface area contributed by atoms with Gasteiger partial charge in [0.25, 0.3) is 0 Å². The Hall–Kier alpha value is -0.580. The molecule has 0 aliphatic carbocycles. The maximum absolute atomic E-state index is 11.1. The first-order chi connectivity index (χ1) is 6.66. The molecule has 3 heteroatoms. The molecule has 0 bridgehead atoms. The van der Waals surface area contributed by atoms with Gasteiger partial charge in [-0.05, 0) is 53.1 Å². The molecule has 2 rings (SSSR count). The Balaban J connectivity index is 2.24. The number of benzene rings is 1. The van der Waals surface area contributed by atoms with Crippen LogP contribution in [0.4, 0.5) is 0 Å². The minimum absolute atomic E-state index is 0.172. The highest BCUT2D eigenvalue weighted by molar-refractivity contribution is 14.1. The number of aryl methyl sites for hydroxylation is 1. The van der Waals surface area contributed by atoms with E-state index in [1.807, 2.05) is 0 Å². The zero-order chi connectivity index (χ0) is 10.1. The van der Waals surface area contributed by atoms with Crippen LogP contribution in [0.25, 0.3) is 0 Å². The quantitative estimate of drug-likeness (QED) is 0.794. The Morgan fingerprint density at radius 2 is 2.29 bits per heavy atom. The molecule has 1 aromatic carbocycles. The fourth-order valence-corrected chi connectivity index (χ4v) is 2.23. The highest BCUT2D eigenvalue weighted by atomic mass is 127. The maximum atomic E-state index is 11.1. The molecule has 1 atom stereocenters. The summed E-state index contributed by atoms with van der Waals surface area (Å²) in [6.45, 7) is 2.10. The number of halogens is 1. The van der Waals surface area contributed by atoms with Crippen molar-refractivity contribution in [1.29, 1.82) is 0 Å². The van der Waals surface area contributed by atoms with Crippen molar-refractivity contribution in [3.8, 4) is 0 Å². The number of hydrogen-bond acceptors (Lipinski definition) is 1. The molecule has 0 radical (unpaired) electrons. The topological polar surface area (TPSA) is 29.1 Å². The summed E-state index contributed by atoms with van der Waals surface area (Å²) >= 11 is 2.33. The fraction of sp³-hybridized carbons (Fsp3) is 0.364. The molecule has 0 spiro atoms. The molecule has 1 aliphatic heterocycles. The highest BCUT2D eigenvalue weighted by Gasteiger charge is 2.22. The molecule has 0 unspecified atom stereocenters. The summed E-state index contributed by atoms with van der Waals surface area (Å²) in [5.74, 6) is 0.172. The van der Waals surface area contributed by atoms with E-state index < -0.39 is 0 Å². The Bertz CT molecular complexity index is 376. The van der Waals surface area contributed by atoms with E-state index in [0.717, 1.165) is 6.42 Å². The Morgan fingerprint density at radius 3 is 2.86 bits per heavy atom. The van der Waals surface area contributed by atoms with Crippen LogP contribution in [0.3, 0.4) is 0 Å². The predicted molar refractivity (Wildman–Crippen MR) is 64.0 cm³/mol. The van der Waals surface area contributed by atoms with Crippen LogP contribution in [-0.2, 0) is 4.79 Å². The first kappa shape index (κ1) is 9.96. The summed E-state index contributed by atoms with van der Waals surface area (Å²) in [6.07, 6.45) is 1.59. The minimum atomic E-state index is 0.172. The Kier molecular flexibility index (Phi) is 2.76. The van der Waals surface area contributed by atoms with Crippen molar-refractivity contribution in [2.75, 3.05) is 0 Å². The fourth-order valence-electron chi connectivity index (χ4n) is 1.69. The van der Waals surface area contributed by atoms with Crippen LogP contribution in [0.1, 0.15) is 30.0 Å². The van der Waals surface area contributed by atoms with Gasteiger partial charge in [-0.15, -0.1) is 0 Å². The molecule has 1 fully saturated rings. The van der Waals surface area contributed by atoms with Gasteiger partial charge in [0, 0.05) is 9.99 Å². The van der Waals surface area contributed by atoms with Gasteiger partial charge in [-0.3, -0.25) is 4.79 Å². The molecule has 1 amide bonds. The average molecular weight is 301 g/mol. The molecule has 0 saturated carbocycles. The molecule has 1 N–H and O–H groups in total. The van der Waals surface area contributed by atoms with Crippen LogP contribution >= 0.6 is 22.6 Å². The third-order valence-corrected chi connectivity index (χ3v) is 3.76. The smallest absolute Gasteiger partial charge is 0.220 e. The molecule has 2 nitrogen and oxygen atoms in total. The minimum Gasteiger partial charge on any atom is -0.349 e. The predicted octanol–water partition coefficient (Wildman–Crippen LogP) is 2.55. The largest absolute Gasteiger partial charge is 0.349 e. The lowest BCUT2D eigenvalue weighted by Crippen LogP contribution is -2.18. The van der Waals surface area contributed by atoms with E-state index in [0.29, 0.717) is 6.42 Å². The summed E-state index contributed by atoms with van der Waals surface area (Å²) in [5.41, 5.74) is 2.52. The number of hydrogen-bond donors (Lipinski definition) is 1. The van der Waals surface area contributed by atoms with E-state index in [1.165, 1.54) is 14.7 Å². The van der Waals surface area contributed by atoms with Crippen LogP contribution in [0.15, 0.2) is 18.2 Å². The van der Waals surface area contributed by atoms with E-state index >= 15 is 0 Å². The van der Waals surface area contributed by atoms with Crippen molar-refractivity contribution in [2.24, 2.45) is 0 Å². The van der Waals surface area contributed by atoms with Crippen molar-refractivity contribution in [2.45, 2.75) is 25.8 Å². The second kappa shape index (κ2) is 3.88. The van der Waals surface area contributed by atoms with E-state index in [9.17, 15) is 4.79 Å². The zero-order valence-electron chi connectivity index (χ0n) is 8.01. The molecular weight excluding hydrogens is 289 g/mol. The molecule has 0 aromatic heterocycles. The van der Waals surface area contributed by atoms with E-state index in [1.54, 1.807) is 0 Å². The van der Waals surface area contributed by atoms with Gasteiger partial charge >= 0.3 is 0 Å². The van der Waals surface area contributed by atoms with Crippen molar-refractivity contribution in [3.05, 3.63) is 32.9 Å². The summed E-state index contributed by atoms with van der Waals surface area (Å²) in [5, 5.41) is 2.97. The van der Waals surface area contributed by atoms with Crippen molar-refractivity contribution < 1.29 is 4.79 Å². The molecule has 14 heavy (non-hydrogen) atoms. The van der Waals surface area contributed by atoms with Gasteiger partial charge in [0.1, 0.15) is 0 Å². The lowest BCUT2D eigenvalue weighted by molar-refractivity contribution is -0.119. The SMILES string of the molecule is Cc1ccc([C@H]2CCC(=O)N2)cc1I. The number of carbonyl (C=O) groups excluding carboxylic acids is 1. The number of amides is 1. The van der Waals surface area contributed by atoms with Crippen LogP contribution in [-0.4, -0.2) is 5.91 Å². The number of carbonyl (C=O) groups is 1. The molecule has 1 saturated heterocycles. The molecule has 1 aliphatic rings. The van der Waals surface area contributed by atoms with Gasteiger partial charge in [-0.25, -0.2) is 0 Å². The zero-order valence-corrected chi connectivity index (χ0v) is 10.2. The normalized spacial score (nSPS) is 21.0. The summed E-state index contributed by atoms with van der Waals surface area (Å²) in [4.78, 5) is 11.1. The van der Waals surface area contributed by atoms with Gasteiger partial charge < -0.3 is 5.32 Å². The summed E-state index contributed by atoms with van der Waals surface area (Å²) in [7, 11) is 0. The first-order valence-electron chi connectivity index (χ1n) is 4.72. The Morgan fingerprint density at radius 1 is 1.50 bits per heavy atom. The van der Waals surface area contributed by atoms with Crippen molar-refractivity contribution >= 4 is 28.5 Å². The summed E-state index contributed by atoms with van der Waals surface area (Å²) in [6, 6.07) is 6.61. The van der Waals surface area contributed by atoms with Gasteiger partial charge in [0.2, 0.25) is 5.91 Å². The average Bonchev–Trinajstić information content (AvgIpc) is 2.57. The summed E-state index contributed by atoms with van der Waals surface area (Å²) < 4.78 is 1.27. The van der Waals surface area contributed by atoms with Gasteiger partial charge in [0.15, 0.2) is 0 Å². The van der Waals surface area contributed by atoms with E-state index in [4.69, 9.17) is 0 Å². The lowest BCUT2D eigenvalue weighted by Gasteiger charge is -2.11. The Labute approximate surface area is 97.2 Å². The number of nitrogens with one attached hydrogen (secondary N) is 1. The number of rotatable bonds is 1. The van der Waals surface area contributed by atoms with Crippen LogP contribution < -0.4 is 5.32 Å². The highest BCUT2D eigenvalue weighted by Crippen LogP contribution is 2.25. The van der Waals surface area contributed by atoms with Crippen molar-refractivity contribution in [3.63, 3.8) is 0 Å². The van der Waals surface area contributed by atoms with Crippen LogP contribution in [0.2, 0.25) is 0 Å². The monoisotopic (exact) mass is 301 g/mol. The van der Waals surface area contributed by atoms with Gasteiger partial charge in [-0.2, -0.15) is 0 Å². The third-order valence-electron chi connectivity index (χ3n) is 2.59. The molecule has 74 valence electrons. The standard InChI is InChI=1S/C11H12INO/c1-7-2-3-8(6-9(7)12)10-4-5-11(14)13-10/h2-3,6,10H,4-5H2,1H3,(H,13,14)/t10-/m1/s1. The van der Waals surface area contributed by atoms with Gasteiger partial charge in [-0.1, -0.05) is 12.1 Å². The van der Waals surface area contributed by atoms with Crippen LogP contribution in [0.5, 0.6) is 0 Å². The second-order valence-corrected chi connectivity index (χ2v) is 4.83. The van der Waals surface area contributed by atoms with E-state index in [-0.39, 0.29) is 11.9 Å². The molecule has 1 aromatic rings. The van der Waals surface area contributed by atoms with Crippen LogP contribution in [0, 0.1) is 10.5 Å². The van der Waals surface area contributed by atoms with Crippen molar-refractivity contribution in [1.82, 2.24) is 5.32 Å². The van der Waals surface area contributed by atoms with E-state index in [2.05, 4.69) is 53.0 Å².